The van der Waals surface area contributed by atoms with E-state index in [9.17, 15) is 19.2 Å². The van der Waals surface area contributed by atoms with E-state index >= 15 is 0 Å². The molecule has 0 saturated carbocycles. The highest BCUT2D eigenvalue weighted by Crippen LogP contribution is 2.45. The van der Waals surface area contributed by atoms with Crippen molar-refractivity contribution >= 4 is 34.8 Å². The standard InChI is InChI=1S/C30H24N4O4/c1-32-22-9-5-3-7-20(22)27(35)25(29(32)37)24(18-11-13-19(14-12-18)34-16-15-31-17-34)26-28(36)21-8-4-6-10-23(21)33(2)30(26)38/h3-17,24-26H,1-2H3/t24?,25-,26+. The normalized spacial score (nSPS) is 19.8. The monoisotopic (exact) mass is 504 g/mol. The van der Waals surface area contributed by atoms with Crippen LogP contribution in [-0.4, -0.2) is 47.0 Å². The van der Waals surface area contributed by atoms with Crippen molar-refractivity contribution in [1.82, 2.24) is 9.55 Å². The van der Waals surface area contributed by atoms with Gasteiger partial charge in [-0.2, -0.15) is 0 Å². The Morgan fingerprint density at radius 3 is 1.66 bits per heavy atom. The van der Waals surface area contributed by atoms with Gasteiger partial charge in [0.1, 0.15) is 11.8 Å². The maximum atomic E-state index is 13.9. The predicted octanol–water partition coefficient (Wildman–Crippen LogP) is 3.91. The van der Waals surface area contributed by atoms with Gasteiger partial charge in [0.2, 0.25) is 11.8 Å². The van der Waals surface area contributed by atoms with Crippen LogP contribution >= 0.6 is 0 Å². The highest BCUT2D eigenvalue weighted by Gasteiger charge is 2.52. The Balaban J connectivity index is 1.53. The molecule has 8 heteroatoms. The summed E-state index contributed by atoms with van der Waals surface area (Å²) in [5.74, 6) is -5.17. The van der Waals surface area contributed by atoms with Crippen molar-refractivity contribution < 1.29 is 19.2 Å². The molecule has 0 saturated heterocycles. The molecule has 1 unspecified atom stereocenters. The summed E-state index contributed by atoms with van der Waals surface area (Å²) in [6.07, 6.45) is 5.12. The maximum Gasteiger partial charge on any atom is 0.238 e. The van der Waals surface area contributed by atoms with E-state index < -0.39 is 41.1 Å². The summed E-state index contributed by atoms with van der Waals surface area (Å²) in [4.78, 5) is 62.4. The summed E-state index contributed by atoms with van der Waals surface area (Å²) < 4.78 is 1.82. The fourth-order valence-corrected chi connectivity index (χ4v) is 5.65. The highest BCUT2D eigenvalue weighted by atomic mass is 16.2. The molecule has 0 radical (unpaired) electrons. The van der Waals surface area contributed by atoms with Crippen LogP contribution < -0.4 is 9.80 Å². The molecule has 3 aromatic carbocycles. The molecule has 6 rings (SSSR count). The number of para-hydroxylation sites is 2. The van der Waals surface area contributed by atoms with Crippen LogP contribution in [0.3, 0.4) is 0 Å². The molecule has 2 aliphatic heterocycles. The first-order valence-corrected chi connectivity index (χ1v) is 12.3. The third kappa shape index (κ3) is 3.48. The van der Waals surface area contributed by atoms with Crippen LogP contribution in [0, 0.1) is 11.8 Å². The minimum Gasteiger partial charge on any atom is -0.314 e. The van der Waals surface area contributed by atoms with Gasteiger partial charge in [0.25, 0.3) is 0 Å². The predicted molar refractivity (Wildman–Crippen MR) is 142 cm³/mol. The van der Waals surface area contributed by atoms with Gasteiger partial charge in [-0.15, -0.1) is 0 Å². The number of amides is 2. The molecule has 2 aliphatic rings. The van der Waals surface area contributed by atoms with Gasteiger partial charge in [-0.3, -0.25) is 19.2 Å². The maximum absolute atomic E-state index is 13.9. The Labute approximate surface area is 219 Å². The van der Waals surface area contributed by atoms with E-state index in [1.807, 2.05) is 16.7 Å². The van der Waals surface area contributed by atoms with Crippen LogP contribution in [0.4, 0.5) is 11.4 Å². The lowest BCUT2D eigenvalue weighted by atomic mass is 9.68. The molecule has 0 aliphatic carbocycles. The molecule has 0 bridgehead atoms. The van der Waals surface area contributed by atoms with Gasteiger partial charge in [0.15, 0.2) is 11.6 Å². The highest BCUT2D eigenvalue weighted by molar-refractivity contribution is 6.25. The van der Waals surface area contributed by atoms with Crippen molar-refractivity contribution in [3.8, 4) is 5.69 Å². The number of hydrogen-bond acceptors (Lipinski definition) is 5. The number of imidazole rings is 1. The van der Waals surface area contributed by atoms with E-state index in [0.29, 0.717) is 28.1 Å². The number of nitrogens with zero attached hydrogens (tertiary/aromatic N) is 4. The van der Waals surface area contributed by atoms with E-state index in [-0.39, 0.29) is 0 Å². The van der Waals surface area contributed by atoms with E-state index in [1.54, 1.807) is 93.5 Å². The summed E-state index contributed by atoms with van der Waals surface area (Å²) in [5.41, 5.74) is 3.19. The number of carbonyl (C=O) groups is 4. The Hall–Kier alpha value is -4.85. The second kappa shape index (κ2) is 8.92. The SMILES string of the molecule is CN1C(=O)[C@H](C(c2ccc(-n3ccnc3)cc2)[C@H]2C(=O)c3ccccc3N(C)C2=O)C(=O)c2ccccc21. The van der Waals surface area contributed by atoms with Crippen LogP contribution in [0.15, 0.2) is 91.5 Å². The van der Waals surface area contributed by atoms with E-state index in [1.165, 1.54) is 9.80 Å². The van der Waals surface area contributed by atoms with Crippen molar-refractivity contribution in [2.45, 2.75) is 5.92 Å². The summed E-state index contributed by atoms with van der Waals surface area (Å²) in [5, 5.41) is 0. The van der Waals surface area contributed by atoms with Crippen molar-refractivity contribution in [2.24, 2.45) is 11.8 Å². The third-order valence-electron chi connectivity index (χ3n) is 7.62. The van der Waals surface area contributed by atoms with Gasteiger partial charge in [0, 0.05) is 49.2 Å². The summed E-state index contributed by atoms with van der Waals surface area (Å²) in [6.45, 7) is 0. The summed E-state index contributed by atoms with van der Waals surface area (Å²) in [6, 6.07) is 21.0. The second-order valence-electron chi connectivity index (χ2n) is 9.60. The smallest absolute Gasteiger partial charge is 0.238 e. The fraction of sp³-hybridized carbons (Fsp3) is 0.167. The number of ketones is 2. The number of carbonyl (C=O) groups excluding carboxylic acids is 4. The molecule has 0 N–H and O–H groups in total. The van der Waals surface area contributed by atoms with Crippen molar-refractivity contribution in [1.29, 1.82) is 0 Å². The van der Waals surface area contributed by atoms with Crippen LogP contribution in [0.25, 0.3) is 5.69 Å². The first-order valence-electron chi connectivity index (χ1n) is 12.3. The first-order chi connectivity index (χ1) is 18.4. The lowest BCUT2D eigenvalue weighted by Gasteiger charge is -2.40. The van der Waals surface area contributed by atoms with Gasteiger partial charge in [0.05, 0.1) is 17.7 Å². The fourth-order valence-electron chi connectivity index (χ4n) is 5.65. The lowest BCUT2D eigenvalue weighted by Crippen LogP contribution is -2.52. The Morgan fingerprint density at radius 2 is 1.18 bits per heavy atom. The number of anilines is 2. The zero-order valence-corrected chi connectivity index (χ0v) is 20.8. The van der Waals surface area contributed by atoms with E-state index in [2.05, 4.69) is 4.98 Å². The van der Waals surface area contributed by atoms with Gasteiger partial charge >= 0.3 is 0 Å². The number of benzene rings is 3. The van der Waals surface area contributed by atoms with Crippen LogP contribution in [-0.2, 0) is 9.59 Å². The number of Topliss-reactive ketones (excluding diaryl/α,β-unsaturated/α-hetero) is 2. The average molecular weight is 505 g/mol. The van der Waals surface area contributed by atoms with Crippen LogP contribution in [0.1, 0.15) is 32.2 Å². The first kappa shape index (κ1) is 23.5. The molecule has 8 nitrogen and oxygen atoms in total. The third-order valence-corrected chi connectivity index (χ3v) is 7.62. The van der Waals surface area contributed by atoms with Crippen LogP contribution in [0.2, 0.25) is 0 Å². The largest absolute Gasteiger partial charge is 0.314 e. The molecule has 3 atom stereocenters. The van der Waals surface area contributed by atoms with Crippen molar-refractivity contribution in [3.63, 3.8) is 0 Å². The van der Waals surface area contributed by atoms with Crippen LogP contribution in [0.5, 0.6) is 0 Å². The molecule has 38 heavy (non-hydrogen) atoms. The molecule has 1 aromatic heterocycles. The topological polar surface area (TPSA) is 92.6 Å². The average Bonchev–Trinajstić information content (AvgIpc) is 3.49. The molecular formula is C30H24N4O4. The Morgan fingerprint density at radius 1 is 0.684 bits per heavy atom. The molecule has 3 heterocycles. The quantitative estimate of drug-likeness (QED) is 0.393. The molecule has 0 fully saturated rings. The molecule has 0 spiro atoms. The van der Waals surface area contributed by atoms with Crippen molar-refractivity contribution in [2.75, 3.05) is 23.9 Å². The molecule has 188 valence electrons. The number of aromatic nitrogens is 2. The molecular weight excluding hydrogens is 480 g/mol. The summed E-state index contributed by atoms with van der Waals surface area (Å²) in [7, 11) is 3.23. The van der Waals surface area contributed by atoms with Gasteiger partial charge in [-0.05, 0) is 42.0 Å². The Kier molecular flexibility index (Phi) is 5.52. The van der Waals surface area contributed by atoms with E-state index in [0.717, 1.165) is 5.69 Å². The van der Waals surface area contributed by atoms with Crippen molar-refractivity contribution in [3.05, 3.63) is 108 Å². The lowest BCUT2D eigenvalue weighted by molar-refractivity contribution is -0.124. The zero-order chi connectivity index (χ0) is 26.6. The minimum absolute atomic E-state index is 0.393. The number of hydrogen-bond donors (Lipinski definition) is 0. The van der Waals surface area contributed by atoms with Gasteiger partial charge in [-0.1, -0.05) is 36.4 Å². The Bertz CT molecular complexity index is 1510. The van der Waals surface area contributed by atoms with Gasteiger partial charge < -0.3 is 14.4 Å². The minimum atomic E-state index is -1.24. The number of fused-ring (bicyclic) bond motifs is 2. The molecule has 4 aromatic rings. The van der Waals surface area contributed by atoms with E-state index in [4.69, 9.17) is 0 Å². The zero-order valence-electron chi connectivity index (χ0n) is 20.8. The van der Waals surface area contributed by atoms with Gasteiger partial charge in [-0.25, -0.2) is 4.98 Å². The molecule has 2 amide bonds. The number of rotatable bonds is 4. The summed E-state index contributed by atoms with van der Waals surface area (Å²) >= 11 is 0. The second-order valence-corrected chi connectivity index (χ2v) is 9.60.